The van der Waals surface area contributed by atoms with Gasteiger partial charge in [0, 0.05) is 19.5 Å². The van der Waals surface area contributed by atoms with Crippen LogP contribution in [-0.2, 0) is 0 Å². The second-order valence-electron chi connectivity index (χ2n) is 4.28. The van der Waals surface area contributed by atoms with E-state index in [0.717, 1.165) is 19.3 Å². The van der Waals surface area contributed by atoms with Gasteiger partial charge in [0.25, 0.3) is 0 Å². The van der Waals surface area contributed by atoms with E-state index in [-0.39, 0.29) is 0 Å². The summed E-state index contributed by atoms with van der Waals surface area (Å²) < 4.78 is 0. The Morgan fingerprint density at radius 3 is 1.94 bits per heavy atom. The van der Waals surface area contributed by atoms with Crippen LogP contribution in [0.25, 0.3) is 0 Å². The van der Waals surface area contributed by atoms with Crippen LogP contribution in [-0.4, -0.2) is 29.2 Å². The van der Waals surface area contributed by atoms with Gasteiger partial charge in [0.05, 0.1) is 0 Å². The molecule has 0 spiro atoms. The molecule has 0 aliphatic carbocycles. The zero-order valence-corrected chi connectivity index (χ0v) is 10.5. The van der Waals surface area contributed by atoms with Gasteiger partial charge >= 0.3 is 6.09 Å². The Morgan fingerprint density at radius 2 is 1.61 bits per heavy atom. The van der Waals surface area contributed by atoms with Crippen molar-refractivity contribution in [3.05, 3.63) is 36.4 Å². The minimum absolute atomic E-state index is 0.533. The Morgan fingerprint density at radius 1 is 1.17 bits per heavy atom. The Balaban J connectivity index is 0.000000225. The number of rotatable bonds is 1. The van der Waals surface area contributed by atoms with E-state index in [2.05, 4.69) is 5.92 Å². The molecule has 3 nitrogen and oxygen atoms in total. The third kappa shape index (κ3) is 5.40. The Kier molecular flexibility index (Phi) is 6.42. The molecule has 2 rings (SSSR count). The van der Waals surface area contributed by atoms with Crippen molar-refractivity contribution in [2.75, 3.05) is 13.1 Å². The number of carbonyl (C=O) groups is 1. The summed E-state index contributed by atoms with van der Waals surface area (Å²) in [7, 11) is 0. The third-order valence-electron chi connectivity index (χ3n) is 2.96. The van der Waals surface area contributed by atoms with Gasteiger partial charge in [-0.15, -0.1) is 12.3 Å². The van der Waals surface area contributed by atoms with Gasteiger partial charge in [0.2, 0.25) is 0 Å². The molecule has 1 amide bonds. The summed E-state index contributed by atoms with van der Waals surface area (Å²) in [6.45, 7) is 1.28. The first-order valence-corrected chi connectivity index (χ1v) is 6.15. The zero-order chi connectivity index (χ0) is 13.2. The standard InChI is InChI=1S/C9H13NO2.C6H6/c1-2-3-8-4-6-10(7-5-8)9(11)12;1-2-4-6-5-3-1/h1,8H,3-7H2,(H,11,12);1-6H. The van der Waals surface area contributed by atoms with Gasteiger partial charge in [0.15, 0.2) is 0 Å². The lowest BCUT2D eigenvalue weighted by Crippen LogP contribution is -2.37. The Hall–Kier alpha value is -1.95. The highest BCUT2D eigenvalue weighted by molar-refractivity contribution is 5.64. The molecule has 1 aromatic carbocycles. The highest BCUT2D eigenvalue weighted by Gasteiger charge is 2.21. The lowest BCUT2D eigenvalue weighted by Gasteiger charge is -2.28. The lowest BCUT2D eigenvalue weighted by atomic mass is 9.94. The van der Waals surface area contributed by atoms with Crippen LogP contribution >= 0.6 is 0 Å². The van der Waals surface area contributed by atoms with E-state index in [1.807, 2.05) is 36.4 Å². The third-order valence-corrected chi connectivity index (χ3v) is 2.96. The summed E-state index contributed by atoms with van der Waals surface area (Å²) >= 11 is 0. The van der Waals surface area contributed by atoms with Crippen molar-refractivity contribution in [2.45, 2.75) is 19.3 Å². The van der Waals surface area contributed by atoms with E-state index in [4.69, 9.17) is 11.5 Å². The van der Waals surface area contributed by atoms with Crippen LogP contribution in [0.2, 0.25) is 0 Å². The molecule has 96 valence electrons. The first kappa shape index (κ1) is 14.1. The lowest BCUT2D eigenvalue weighted by molar-refractivity contribution is 0.125. The number of likely N-dealkylation sites (tertiary alicyclic amines) is 1. The Labute approximate surface area is 108 Å². The molecule has 0 radical (unpaired) electrons. The van der Waals surface area contributed by atoms with Crippen LogP contribution in [0.5, 0.6) is 0 Å². The number of piperidine rings is 1. The molecule has 0 saturated carbocycles. The summed E-state index contributed by atoms with van der Waals surface area (Å²) in [5.41, 5.74) is 0. The number of benzene rings is 1. The summed E-state index contributed by atoms with van der Waals surface area (Å²) in [5.74, 6) is 3.15. The van der Waals surface area contributed by atoms with Gasteiger partial charge < -0.3 is 10.0 Å². The molecule has 0 unspecified atom stereocenters. The minimum Gasteiger partial charge on any atom is -0.465 e. The van der Waals surface area contributed by atoms with Gasteiger partial charge in [-0.3, -0.25) is 0 Å². The normalized spacial score (nSPS) is 15.2. The number of hydrogen-bond acceptors (Lipinski definition) is 1. The fraction of sp³-hybridized carbons (Fsp3) is 0.400. The van der Waals surface area contributed by atoms with E-state index in [1.54, 1.807) is 0 Å². The molecular weight excluding hydrogens is 226 g/mol. The highest BCUT2D eigenvalue weighted by Crippen LogP contribution is 2.19. The number of carboxylic acid groups (broad SMARTS) is 1. The fourth-order valence-electron chi connectivity index (χ4n) is 1.88. The van der Waals surface area contributed by atoms with E-state index in [1.165, 1.54) is 4.90 Å². The molecule has 0 bridgehead atoms. The van der Waals surface area contributed by atoms with Gasteiger partial charge in [-0.25, -0.2) is 4.79 Å². The van der Waals surface area contributed by atoms with Gasteiger partial charge in [0.1, 0.15) is 0 Å². The van der Waals surface area contributed by atoms with Gasteiger partial charge in [-0.2, -0.15) is 0 Å². The predicted molar refractivity (Wildman–Crippen MR) is 72.2 cm³/mol. The largest absolute Gasteiger partial charge is 0.465 e. The Bertz CT molecular complexity index is 349. The van der Waals surface area contributed by atoms with Crippen molar-refractivity contribution >= 4 is 6.09 Å². The molecule has 1 saturated heterocycles. The van der Waals surface area contributed by atoms with E-state index in [9.17, 15) is 4.79 Å². The maximum Gasteiger partial charge on any atom is 0.407 e. The molecule has 18 heavy (non-hydrogen) atoms. The number of terminal acetylenes is 1. The number of nitrogens with zero attached hydrogens (tertiary/aromatic N) is 1. The van der Waals surface area contributed by atoms with Crippen LogP contribution < -0.4 is 0 Å². The van der Waals surface area contributed by atoms with Crippen molar-refractivity contribution in [2.24, 2.45) is 5.92 Å². The molecule has 3 heteroatoms. The van der Waals surface area contributed by atoms with Crippen molar-refractivity contribution in [1.82, 2.24) is 4.90 Å². The summed E-state index contributed by atoms with van der Waals surface area (Å²) in [6.07, 6.45) is 6.97. The second-order valence-corrected chi connectivity index (χ2v) is 4.28. The van der Waals surface area contributed by atoms with Crippen LogP contribution in [0.1, 0.15) is 19.3 Å². The smallest absolute Gasteiger partial charge is 0.407 e. The zero-order valence-electron chi connectivity index (χ0n) is 10.5. The second kappa shape index (κ2) is 8.19. The highest BCUT2D eigenvalue weighted by atomic mass is 16.4. The predicted octanol–water partition coefficient (Wildman–Crippen LogP) is 3.09. The average molecular weight is 245 g/mol. The van der Waals surface area contributed by atoms with Gasteiger partial charge in [-0.05, 0) is 18.8 Å². The van der Waals surface area contributed by atoms with Crippen LogP contribution in [0.4, 0.5) is 4.79 Å². The number of amides is 1. The SMILES string of the molecule is C#CCC1CCN(C(=O)O)CC1.c1ccccc1. The minimum atomic E-state index is -0.811. The molecule has 1 fully saturated rings. The molecule has 1 aromatic rings. The molecule has 1 N–H and O–H groups in total. The quantitative estimate of drug-likeness (QED) is 0.772. The monoisotopic (exact) mass is 245 g/mol. The van der Waals surface area contributed by atoms with Crippen molar-refractivity contribution in [3.8, 4) is 12.3 Å². The van der Waals surface area contributed by atoms with Crippen LogP contribution in [0, 0.1) is 18.3 Å². The van der Waals surface area contributed by atoms with Crippen LogP contribution in [0.15, 0.2) is 36.4 Å². The van der Waals surface area contributed by atoms with Gasteiger partial charge in [-0.1, -0.05) is 36.4 Å². The first-order chi connectivity index (χ1) is 8.74. The van der Waals surface area contributed by atoms with Crippen molar-refractivity contribution in [3.63, 3.8) is 0 Å². The molecule has 1 aliphatic rings. The van der Waals surface area contributed by atoms with Crippen molar-refractivity contribution < 1.29 is 9.90 Å². The summed E-state index contributed by atoms with van der Waals surface area (Å²) in [5, 5.41) is 8.64. The molecule has 0 atom stereocenters. The first-order valence-electron chi connectivity index (χ1n) is 6.15. The van der Waals surface area contributed by atoms with E-state index in [0.29, 0.717) is 19.0 Å². The van der Waals surface area contributed by atoms with Crippen LogP contribution in [0.3, 0.4) is 0 Å². The molecule has 0 aromatic heterocycles. The fourth-order valence-corrected chi connectivity index (χ4v) is 1.88. The summed E-state index contributed by atoms with van der Waals surface area (Å²) in [6, 6.07) is 12.0. The topological polar surface area (TPSA) is 40.5 Å². The van der Waals surface area contributed by atoms with E-state index >= 15 is 0 Å². The summed E-state index contributed by atoms with van der Waals surface area (Å²) in [4.78, 5) is 12.0. The van der Waals surface area contributed by atoms with Crippen molar-refractivity contribution in [1.29, 1.82) is 0 Å². The number of hydrogen-bond donors (Lipinski definition) is 1. The average Bonchev–Trinajstić information content (AvgIpc) is 2.42. The van der Waals surface area contributed by atoms with E-state index < -0.39 is 6.09 Å². The molecular formula is C15H19NO2. The maximum absolute atomic E-state index is 10.5. The molecule has 1 heterocycles. The maximum atomic E-state index is 10.5. The molecule has 1 aliphatic heterocycles.